The topological polar surface area (TPSA) is 63.9 Å². The van der Waals surface area contributed by atoms with E-state index in [0.717, 1.165) is 54.0 Å². The molecule has 3 heterocycles. The molecule has 6 nitrogen and oxygen atoms in total. The van der Waals surface area contributed by atoms with E-state index in [1.165, 1.54) is 5.56 Å². The Bertz CT molecular complexity index is 1250. The lowest BCUT2D eigenvalue weighted by Crippen LogP contribution is -2.39. The molecule has 4 aromatic rings. The van der Waals surface area contributed by atoms with Gasteiger partial charge in [0.05, 0.1) is 12.2 Å². The lowest BCUT2D eigenvalue weighted by molar-refractivity contribution is 0.0705. The predicted molar refractivity (Wildman–Crippen MR) is 132 cm³/mol. The minimum absolute atomic E-state index is 0.0856. The first-order valence-corrected chi connectivity index (χ1v) is 11.9. The monoisotopic (exact) mass is 451 g/mol. The highest BCUT2D eigenvalue weighted by atomic mass is 16.2. The Kier molecular flexibility index (Phi) is 6.47. The molecule has 0 saturated carbocycles. The van der Waals surface area contributed by atoms with Gasteiger partial charge in [0.1, 0.15) is 5.82 Å². The van der Waals surface area contributed by atoms with Crippen LogP contribution in [0.25, 0.3) is 0 Å². The van der Waals surface area contributed by atoms with E-state index in [9.17, 15) is 4.79 Å². The van der Waals surface area contributed by atoms with E-state index >= 15 is 0 Å². The van der Waals surface area contributed by atoms with E-state index in [2.05, 4.69) is 34.3 Å². The van der Waals surface area contributed by atoms with Crippen LogP contribution in [0.5, 0.6) is 0 Å². The smallest absolute Gasteiger partial charge is 0.253 e. The van der Waals surface area contributed by atoms with Gasteiger partial charge in [0.15, 0.2) is 0 Å². The van der Waals surface area contributed by atoms with E-state index < -0.39 is 0 Å². The van der Waals surface area contributed by atoms with Gasteiger partial charge in [-0.25, -0.2) is 9.97 Å². The van der Waals surface area contributed by atoms with Gasteiger partial charge in [0.25, 0.3) is 5.91 Å². The van der Waals surface area contributed by atoms with Gasteiger partial charge >= 0.3 is 0 Å². The molecule has 1 atom stereocenters. The predicted octanol–water partition coefficient (Wildman–Crippen LogP) is 4.64. The first-order chi connectivity index (χ1) is 16.7. The van der Waals surface area contributed by atoms with Crippen LogP contribution in [-0.4, -0.2) is 43.6 Å². The number of carbonyl (C=O) groups is 1. The molecule has 2 aromatic heterocycles. The Morgan fingerprint density at radius 1 is 1.06 bits per heavy atom. The average Bonchev–Trinajstić information content (AvgIpc) is 3.38. The Morgan fingerprint density at radius 3 is 2.74 bits per heavy atom. The Morgan fingerprint density at radius 2 is 1.91 bits per heavy atom. The fourth-order valence-corrected chi connectivity index (χ4v) is 4.77. The summed E-state index contributed by atoms with van der Waals surface area (Å²) in [6, 6.07) is 20.2. The molecule has 0 unspecified atom stereocenters. The van der Waals surface area contributed by atoms with Gasteiger partial charge in [0, 0.05) is 49.6 Å². The number of aromatic nitrogens is 4. The standard InChI is InChI=1S/C28H29N5O/c1-21-29-18-26(16-22-8-3-2-4-9-22)27(31-21)25-12-6-14-32(20-25)28(34)24-11-5-10-23(17-24)19-33-15-7-13-30-33/h2-5,7-11,13,15,17-18,25H,6,12,14,16,19-20H2,1H3/t25-/m0/s1. The van der Waals surface area contributed by atoms with Crippen LogP contribution in [0.15, 0.2) is 79.3 Å². The second-order valence-electron chi connectivity index (χ2n) is 8.98. The SMILES string of the molecule is Cc1ncc(Cc2ccccc2)c([C@H]2CCCN(C(=O)c3cccc(Cn4cccn4)c3)C2)n1. The third-order valence-electron chi connectivity index (χ3n) is 6.43. The number of aryl methyl sites for hydroxylation is 1. The molecular weight excluding hydrogens is 422 g/mol. The maximum atomic E-state index is 13.4. The fraction of sp³-hybridized carbons (Fsp3) is 0.286. The van der Waals surface area contributed by atoms with Gasteiger partial charge in [-0.2, -0.15) is 5.10 Å². The van der Waals surface area contributed by atoms with Gasteiger partial charge in [-0.1, -0.05) is 42.5 Å². The van der Waals surface area contributed by atoms with Crippen molar-refractivity contribution in [1.29, 1.82) is 0 Å². The molecule has 5 rings (SSSR count). The van der Waals surface area contributed by atoms with Crippen molar-refractivity contribution in [2.45, 2.75) is 38.6 Å². The van der Waals surface area contributed by atoms with Crippen molar-refractivity contribution in [3.8, 4) is 0 Å². The summed E-state index contributed by atoms with van der Waals surface area (Å²) in [5, 5.41) is 4.27. The number of hydrogen-bond donors (Lipinski definition) is 0. The van der Waals surface area contributed by atoms with E-state index in [1.54, 1.807) is 6.20 Å². The maximum Gasteiger partial charge on any atom is 0.253 e. The minimum Gasteiger partial charge on any atom is -0.338 e. The van der Waals surface area contributed by atoms with Gasteiger partial charge in [-0.15, -0.1) is 0 Å². The molecule has 1 fully saturated rings. The first-order valence-electron chi connectivity index (χ1n) is 11.9. The zero-order valence-corrected chi connectivity index (χ0v) is 19.5. The van der Waals surface area contributed by atoms with Crippen LogP contribution in [-0.2, 0) is 13.0 Å². The second kappa shape index (κ2) is 10.00. The van der Waals surface area contributed by atoms with E-state index in [0.29, 0.717) is 13.1 Å². The normalized spacial score (nSPS) is 15.9. The summed E-state index contributed by atoms with van der Waals surface area (Å²) >= 11 is 0. The number of carbonyl (C=O) groups excluding carboxylic acids is 1. The highest BCUT2D eigenvalue weighted by Crippen LogP contribution is 2.30. The van der Waals surface area contributed by atoms with Crippen molar-refractivity contribution in [2.75, 3.05) is 13.1 Å². The van der Waals surface area contributed by atoms with Crippen LogP contribution in [0.4, 0.5) is 0 Å². The molecule has 0 N–H and O–H groups in total. The zero-order chi connectivity index (χ0) is 23.3. The summed E-state index contributed by atoms with van der Waals surface area (Å²) in [7, 11) is 0. The van der Waals surface area contributed by atoms with Crippen molar-refractivity contribution in [3.05, 3.63) is 113 Å². The van der Waals surface area contributed by atoms with Crippen molar-refractivity contribution in [3.63, 3.8) is 0 Å². The number of rotatable bonds is 6. The van der Waals surface area contributed by atoms with Crippen LogP contribution < -0.4 is 0 Å². The van der Waals surface area contributed by atoms with Crippen LogP contribution in [0.3, 0.4) is 0 Å². The number of likely N-dealkylation sites (tertiary alicyclic amines) is 1. The summed E-state index contributed by atoms with van der Waals surface area (Å²) in [6.45, 7) is 4.05. The van der Waals surface area contributed by atoms with Gasteiger partial charge in [-0.05, 0) is 54.7 Å². The average molecular weight is 452 g/mol. The van der Waals surface area contributed by atoms with Crippen molar-refractivity contribution in [2.24, 2.45) is 0 Å². The molecule has 1 aliphatic rings. The quantitative estimate of drug-likeness (QED) is 0.428. The largest absolute Gasteiger partial charge is 0.338 e. The molecule has 34 heavy (non-hydrogen) atoms. The summed E-state index contributed by atoms with van der Waals surface area (Å²) in [6.07, 6.45) is 8.46. The van der Waals surface area contributed by atoms with E-state index in [-0.39, 0.29) is 11.8 Å². The molecule has 2 aromatic carbocycles. The zero-order valence-electron chi connectivity index (χ0n) is 19.5. The molecule has 6 heteroatoms. The molecule has 0 radical (unpaired) electrons. The highest BCUT2D eigenvalue weighted by molar-refractivity contribution is 5.94. The lowest BCUT2D eigenvalue weighted by Gasteiger charge is -2.33. The fourth-order valence-electron chi connectivity index (χ4n) is 4.77. The third kappa shape index (κ3) is 5.06. The van der Waals surface area contributed by atoms with Crippen molar-refractivity contribution >= 4 is 5.91 Å². The van der Waals surface area contributed by atoms with Crippen LogP contribution in [0, 0.1) is 6.92 Å². The number of hydrogen-bond acceptors (Lipinski definition) is 4. The highest BCUT2D eigenvalue weighted by Gasteiger charge is 2.28. The van der Waals surface area contributed by atoms with Crippen molar-refractivity contribution in [1.82, 2.24) is 24.6 Å². The molecule has 0 spiro atoms. The molecule has 0 aliphatic carbocycles. The lowest BCUT2D eigenvalue weighted by atomic mass is 9.89. The molecule has 1 saturated heterocycles. The molecule has 172 valence electrons. The van der Waals surface area contributed by atoms with Crippen molar-refractivity contribution < 1.29 is 4.79 Å². The van der Waals surface area contributed by atoms with Gasteiger partial charge in [-0.3, -0.25) is 9.48 Å². The summed E-state index contributed by atoms with van der Waals surface area (Å²) in [5.74, 6) is 1.08. The van der Waals surface area contributed by atoms with Crippen LogP contribution >= 0.6 is 0 Å². The first kappa shape index (κ1) is 22.0. The molecular formula is C28H29N5O. The molecule has 1 amide bonds. The number of piperidine rings is 1. The maximum absolute atomic E-state index is 13.4. The molecule has 1 aliphatic heterocycles. The number of benzene rings is 2. The minimum atomic E-state index is 0.0856. The van der Waals surface area contributed by atoms with Gasteiger partial charge in [0.2, 0.25) is 0 Å². The number of nitrogens with zero attached hydrogens (tertiary/aromatic N) is 5. The number of amides is 1. The summed E-state index contributed by atoms with van der Waals surface area (Å²) in [4.78, 5) is 24.8. The Labute approximate surface area is 200 Å². The third-order valence-corrected chi connectivity index (χ3v) is 6.43. The Balaban J connectivity index is 1.34. The second-order valence-corrected chi connectivity index (χ2v) is 8.98. The van der Waals surface area contributed by atoms with Crippen LogP contribution in [0.2, 0.25) is 0 Å². The molecule has 0 bridgehead atoms. The van der Waals surface area contributed by atoms with Gasteiger partial charge < -0.3 is 4.90 Å². The van der Waals surface area contributed by atoms with Crippen LogP contribution in [0.1, 0.15) is 57.3 Å². The summed E-state index contributed by atoms with van der Waals surface area (Å²) < 4.78 is 1.87. The Hall–Kier alpha value is -3.80. The van der Waals surface area contributed by atoms with E-state index in [4.69, 9.17) is 4.98 Å². The summed E-state index contributed by atoms with van der Waals surface area (Å²) in [5.41, 5.74) is 5.28. The van der Waals surface area contributed by atoms with E-state index in [1.807, 2.05) is 65.3 Å².